The van der Waals surface area contributed by atoms with Crippen LogP contribution in [0.4, 0.5) is 28.6 Å². The maximum absolute atomic E-state index is 12.5. The van der Waals surface area contributed by atoms with E-state index in [1.807, 2.05) is 81.8 Å². The fourth-order valence-corrected chi connectivity index (χ4v) is 4.68. The van der Waals surface area contributed by atoms with Crippen LogP contribution in [0.5, 0.6) is 0 Å². The van der Waals surface area contributed by atoms with Crippen LogP contribution in [0.1, 0.15) is 12.6 Å². The van der Waals surface area contributed by atoms with Crippen LogP contribution in [-0.2, 0) is 4.79 Å². The number of rotatable bonds is 6. The molecule has 0 aliphatic heterocycles. The summed E-state index contributed by atoms with van der Waals surface area (Å²) in [5, 5.41) is 4.58. The Morgan fingerprint density at radius 2 is 1.65 bits per heavy atom. The first-order valence-corrected chi connectivity index (χ1v) is 12.9. The minimum atomic E-state index is -0.142. The molecule has 0 saturated heterocycles. The second kappa shape index (κ2) is 10.1. The Bertz CT molecular complexity index is 1860. The molecule has 0 saturated carbocycles. The molecule has 0 atom stereocenters. The molecule has 0 spiro atoms. The number of carbonyl (C=O) groups excluding carboxylic acids is 1. The summed E-state index contributed by atoms with van der Waals surface area (Å²) in [6, 6.07) is 23.6. The summed E-state index contributed by atoms with van der Waals surface area (Å²) in [6.45, 7) is 3.41. The van der Waals surface area contributed by atoms with E-state index in [2.05, 4.69) is 37.3 Å². The SMILES string of the molecule is CC(=O)N(c1ccnc(C)c1)c1ccc2[nH]c(-c3ccc(Nc4ccnc5ccc(N(C)C)cc45)cc3)nc2n1. The minimum Gasteiger partial charge on any atom is -0.378 e. The molecule has 0 aliphatic rings. The van der Waals surface area contributed by atoms with Crippen molar-refractivity contribution in [1.82, 2.24) is 24.9 Å². The molecule has 0 aliphatic carbocycles. The quantitative estimate of drug-likeness (QED) is 0.259. The number of nitrogens with one attached hydrogen (secondary N) is 2. The Balaban J connectivity index is 1.27. The summed E-state index contributed by atoms with van der Waals surface area (Å²) in [5.41, 5.74) is 7.77. The fourth-order valence-electron chi connectivity index (χ4n) is 4.68. The lowest BCUT2D eigenvalue weighted by atomic mass is 10.1. The number of hydrogen-bond donors (Lipinski definition) is 2. The van der Waals surface area contributed by atoms with Crippen molar-refractivity contribution in [3.05, 3.63) is 90.9 Å². The van der Waals surface area contributed by atoms with Crippen molar-refractivity contribution in [1.29, 1.82) is 0 Å². The molecule has 198 valence electrons. The molecule has 9 nitrogen and oxygen atoms in total. The number of aromatic nitrogens is 5. The van der Waals surface area contributed by atoms with Gasteiger partial charge in [0.05, 0.1) is 16.7 Å². The average Bonchev–Trinajstić information content (AvgIpc) is 3.37. The number of H-pyrrole nitrogens is 1. The predicted octanol–water partition coefficient (Wildman–Crippen LogP) is 6.37. The van der Waals surface area contributed by atoms with Gasteiger partial charge < -0.3 is 15.2 Å². The summed E-state index contributed by atoms with van der Waals surface area (Å²) in [7, 11) is 4.05. The first kappa shape index (κ1) is 25.0. The number of aromatic amines is 1. The van der Waals surface area contributed by atoms with Gasteiger partial charge in [0.25, 0.3) is 0 Å². The van der Waals surface area contributed by atoms with E-state index in [9.17, 15) is 4.79 Å². The van der Waals surface area contributed by atoms with E-state index in [1.165, 1.54) is 6.92 Å². The van der Waals surface area contributed by atoms with Crippen LogP contribution >= 0.6 is 0 Å². The first-order chi connectivity index (χ1) is 19.4. The molecule has 0 radical (unpaired) electrons. The topological polar surface area (TPSA) is 103 Å². The molecule has 6 rings (SSSR count). The summed E-state index contributed by atoms with van der Waals surface area (Å²) in [5.74, 6) is 1.06. The summed E-state index contributed by atoms with van der Waals surface area (Å²) in [6.07, 6.45) is 3.50. The van der Waals surface area contributed by atoms with Gasteiger partial charge in [-0.15, -0.1) is 0 Å². The molecule has 6 aromatic rings. The number of hydrogen-bond acceptors (Lipinski definition) is 7. The standard InChI is InChI=1S/C31H28N8O/c1-19-17-24(13-15-32-19)39(20(2)40)29-12-11-28-31(36-29)37-30(35-28)21-5-7-22(8-6-21)34-27-14-16-33-26-10-9-23(38(3)4)18-25(26)27/h5-18H,1-4H3,(H,33,34)(H,35,36,37). The van der Waals surface area contributed by atoms with E-state index in [0.29, 0.717) is 23.0 Å². The van der Waals surface area contributed by atoms with Crippen molar-refractivity contribution in [2.45, 2.75) is 13.8 Å². The van der Waals surface area contributed by atoms with E-state index in [4.69, 9.17) is 9.97 Å². The molecular weight excluding hydrogens is 500 g/mol. The molecule has 4 aromatic heterocycles. The van der Waals surface area contributed by atoms with E-state index in [0.717, 1.165) is 44.7 Å². The summed E-state index contributed by atoms with van der Waals surface area (Å²) < 4.78 is 0. The highest BCUT2D eigenvalue weighted by molar-refractivity contribution is 5.99. The van der Waals surface area contributed by atoms with E-state index >= 15 is 0 Å². The van der Waals surface area contributed by atoms with Crippen molar-refractivity contribution in [2.24, 2.45) is 0 Å². The van der Waals surface area contributed by atoms with Gasteiger partial charge in [-0.25, -0.2) is 9.97 Å². The third-order valence-electron chi connectivity index (χ3n) is 6.69. The predicted molar refractivity (Wildman–Crippen MR) is 160 cm³/mol. The van der Waals surface area contributed by atoms with Gasteiger partial charge in [-0.2, -0.15) is 0 Å². The smallest absolute Gasteiger partial charge is 0.229 e. The average molecular weight is 529 g/mol. The lowest BCUT2D eigenvalue weighted by Crippen LogP contribution is -2.23. The molecule has 0 fully saturated rings. The van der Waals surface area contributed by atoms with Gasteiger partial charge in [-0.1, -0.05) is 0 Å². The highest BCUT2D eigenvalue weighted by Crippen LogP contribution is 2.30. The van der Waals surface area contributed by atoms with Gasteiger partial charge in [0, 0.05) is 67.1 Å². The Morgan fingerprint density at radius 1 is 0.850 bits per heavy atom. The second-order valence-corrected chi connectivity index (χ2v) is 9.79. The highest BCUT2D eigenvalue weighted by atomic mass is 16.2. The van der Waals surface area contributed by atoms with E-state index in [-0.39, 0.29) is 5.91 Å². The van der Waals surface area contributed by atoms with E-state index in [1.54, 1.807) is 17.2 Å². The third kappa shape index (κ3) is 4.80. The monoisotopic (exact) mass is 528 g/mol. The van der Waals surface area contributed by atoms with Crippen molar-refractivity contribution in [3.63, 3.8) is 0 Å². The first-order valence-electron chi connectivity index (χ1n) is 12.9. The largest absolute Gasteiger partial charge is 0.378 e. The lowest BCUT2D eigenvalue weighted by Gasteiger charge is -2.20. The number of fused-ring (bicyclic) bond motifs is 2. The van der Waals surface area contributed by atoms with Crippen LogP contribution in [0.15, 0.2) is 85.2 Å². The Hall–Kier alpha value is -5.31. The number of nitrogens with zero attached hydrogens (tertiary/aromatic N) is 6. The fraction of sp³-hybridized carbons (Fsp3) is 0.129. The van der Waals surface area contributed by atoms with Gasteiger partial charge in [-0.3, -0.25) is 19.7 Å². The van der Waals surface area contributed by atoms with Gasteiger partial charge >= 0.3 is 0 Å². The highest BCUT2D eigenvalue weighted by Gasteiger charge is 2.18. The number of benzene rings is 2. The molecule has 0 bridgehead atoms. The van der Waals surface area contributed by atoms with Crippen molar-refractivity contribution >= 4 is 56.5 Å². The maximum Gasteiger partial charge on any atom is 0.229 e. The van der Waals surface area contributed by atoms with Crippen LogP contribution in [0.3, 0.4) is 0 Å². The zero-order valence-electron chi connectivity index (χ0n) is 22.7. The number of aryl methyl sites for hydroxylation is 1. The maximum atomic E-state index is 12.5. The van der Waals surface area contributed by atoms with Crippen molar-refractivity contribution in [3.8, 4) is 11.4 Å². The second-order valence-electron chi connectivity index (χ2n) is 9.79. The normalized spacial score (nSPS) is 11.1. The number of carbonyl (C=O) groups is 1. The van der Waals surface area contributed by atoms with Crippen molar-refractivity contribution < 1.29 is 4.79 Å². The molecule has 9 heteroatoms. The van der Waals surface area contributed by atoms with Crippen LogP contribution in [0.25, 0.3) is 33.5 Å². The van der Waals surface area contributed by atoms with Crippen molar-refractivity contribution in [2.75, 3.05) is 29.2 Å². The molecular formula is C31H28N8O. The number of amides is 1. The van der Waals surface area contributed by atoms with Gasteiger partial charge in [-0.05, 0) is 79.7 Å². The molecule has 40 heavy (non-hydrogen) atoms. The Morgan fingerprint density at radius 3 is 2.40 bits per heavy atom. The molecule has 2 aromatic carbocycles. The zero-order valence-corrected chi connectivity index (χ0v) is 22.7. The Kier molecular flexibility index (Phi) is 6.31. The number of anilines is 5. The van der Waals surface area contributed by atoms with Crippen LogP contribution < -0.4 is 15.1 Å². The molecule has 2 N–H and O–H groups in total. The van der Waals surface area contributed by atoms with Gasteiger partial charge in [0.2, 0.25) is 5.91 Å². The van der Waals surface area contributed by atoms with Crippen LogP contribution in [0, 0.1) is 6.92 Å². The van der Waals surface area contributed by atoms with Crippen LogP contribution in [0.2, 0.25) is 0 Å². The molecule has 0 unspecified atom stereocenters. The Labute approximate surface area is 231 Å². The number of pyridine rings is 3. The summed E-state index contributed by atoms with van der Waals surface area (Å²) in [4.78, 5) is 37.7. The van der Waals surface area contributed by atoms with Gasteiger partial charge in [0.1, 0.15) is 11.6 Å². The van der Waals surface area contributed by atoms with Gasteiger partial charge in [0.15, 0.2) is 5.65 Å². The summed E-state index contributed by atoms with van der Waals surface area (Å²) >= 11 is 0. The van der Waals surface area contributed by atoms with E-state index < -0.39 is 0 Å². The molecule has 4 heterocycles. The molecule has 1 amide bonds. The van der Waals surface area contributed by atoms with Crippen LogP contribution in [-0.4, -0.2) is 44.9 Å². The minimum absolute atomic E-state index is 0.142. The lowest BCUT2D eigenvalue weighted by molar-refractivity contribution is -0.115. The number of imidazole rings is 1. The third-order valence-corrected chi connectivity index (χ3v) is 6.69. The zero-order chi connectivity index (χ0) is 27.8.